The number of carbonyl (C=O) groups excluding carboxylic acids is 1. The molecule has 1 amide bonds. The molecule has 1 atom stereocenters. The number of hydrogen-bond acceptors (Lipinski definition) is 6. The van der Waals surface area contributed by atoms with Gasteiger partial charge in [-0.1, -0.05) is 0 Å². The maximum Gasteiger partial charge on any atom is 0.274 e. The number of likely N-dealkylation sites (tertiary alicyclic amines) is 1. The van der Waals surface area contributed by atoms with Gasteiger partial charge in [0, 0.05) is 33.3 Å². The number of amides is 1. The van der Waals surface area contributed by atoms with Crippen LogP contribution in [0.5, 0.6) is 0 Å². The molecule has 1 fully saturated rings. The third-order valence-electron chi connectivity index (χ3n) is 4.46. The lowest BCUT2D eigenvalue weighted by atomic mass is 9.93. The first-order valence-corrected chi connectivity index (χ1v) is 8.41. The van der Waals surface area contributed by atoms with Crippen LogP contribution in [-0.2, 0) is 13.5 Å². The molecule has 0 aromatic carbocycles. The summed E-state index contributed by atoms with van der Waals surface area (Å²) in [4.78, 5) is 25.9. The number of anilines is 1. The van der Waals surface area contributed by atoms with Gasteiger partial charge in [0.15, 0.2) is 0 Å². The highest BCUT2D eigenvalue weighted by molar-refractivity contribution is 5.92. The van der Waals surface area contributed by atoms with Crippen LogP contribution in [0.2, 0.25) is 0 Å². The molecule has 25 heavy (non-hydrogen) atoms. The Morgan fingerprint density at radius 3 is 2.80 bits per heavy atom. The number of aryl methyl sites for hydroxylation is 1. The van der Waals surface area contributed by atoms with Crippen LogP contribution < -0.4 is 10.9 Å². The van der Waals surface area contributed by atoms with Crippen LogP contribution in [0.4, 0.5) is 5.82 Å². The molecule has 0 spiro atoms. The zero-order valence-corrected chi connectivity index (χ0v) is 14.5. The minimum atomic E-state index is -0.225. The highest BCUT2D eigenvalue weighted by atomic mass is 16.2. The van der Waals surface area contributed by atoms with Crippen molar-refractivity contribution in [3.05, 3.63) is 46.0 Å². The molecule has 0 bridgehead atoms. The maximum atomic E-state index is 12.7. The summed E-state index contributed by atoms with van der Waals surface area (Å²) in [7, 11) is 3.35. The van der Waals surface area contributed by atoms with E-state index in [2.05, 4.69) is 20.6 Å². The fraction of sp³-hybridized carbons (Fsp3) is 0.471. The van der Waals surface area contributed by atoms with Crippen molar-refractivity contribution in [1.82, 2.24) is 24.9 Å². The second kappa shape index (κ2) is 7.42. The SMILES string of the molecule is CNc1ccc(CC2CCCN(C(=O)c3ccc(=O)n(C)n3)C2)nn1. The molecule has 0 saturated carbocycles. The van der Waals surface area contributed by atoms with Crippen molar-refractivity contribution in [2.45, 2.75) is 19.3 Å². The first kappa shape index (κ1) is 17.1. The summed E-state index contributed by atoms with van der Waals surface area (Å²) >= 11 is 0. The highest BCUT2D eigenvalue weighted by Gasteiger charge is 2.26. The molecule has 132 valence electrons. The molecule has 1 aliphatic heterocycles. The zero-order valence-electron chi connectivity index (χ0n) is 14.5. The Balaban J connectivity index is 1.66. The molecule has 1 saturated heterocycles. The predicted molar refractivity (Wildman–Crippen MR) is 93.4 cm³/mol. The lowest BCUT2D eigenvalue weighted by molar-refractivity contribution is 0.0664. The summed E-state index contributed by atoms with van der Waals surface area (Å²) in [6.45, 7) is 1.38. The molecular weight excluding hydrogens is 320 g/mol. The number of carbonyl (C=O) groups is 1. The van der Waals surface area contributed by atoms with Gasteiger partial charge in [-0.25, -0.2) is 4.68 Å². The van der Waals surface area contributed by atoms with Crippen LogP contribution in [0.15, 0.2) is 29.1 Å². The smallest absolute Gasteiger partial charge is 0.274 e. The van der Waals surface area contributed by atoms with Gasteiger partial charge in [-0.05, 0) is 43.4 Å². The van der Waals surface area contributed by atoms with Gasteiger partial charge in [-0.15, -0.1) is 5.10 Å². The van der Waals surface area contributed by atoms with Crippen molar-refractivity contribution in [2.24, 2.45) is 13.0 Å². The van der Waals surface area contributed by atoms with Crippen LogP contribution in [0.3, 0.4) is 0 Å². The highest BCUT2D eigenvalue weighted by Crippen LogP contribution is 2.21. The van der Waals surface area contributed by atoms with Gasteiger partial charge >= 0.3 is 0 Å². The second-order valence-corrected chi connectivity index (χ2v) is 6.30. The first-order valence-electron chi connectivity index (χ1n) is 8.41. The molecular formula is C17H22N6O2. The van der Waals surface area contributed by atoms with E-state index in [9.17, 15) is 9.59 Å². The van der Waals surface area contributed by atoms with E-state index in [1.807, 2.05) is 24.1 Å². The fourth-order valence-electron chi connectivity index (χ4n) is 3.09. The van der Waals surface area contributed by atoms with Crippen LogP contribution >= 0.6 is 0 Å². The number of nitrogens with zero attached hydrogens (tertiary/aromatic N) is 5. The number of nitrogens with one attached hydrogen (secondary N) is 1. The van der Waals surface area contributed by atoms with Crippen LogP contribution in [0.1, 0.15) is 29.0 Å². The van der Waals surface area contributed by atoms with E-state index in [0.29, 0.717) is 24.7 Å². The Morgan fingerprint density at radius 2 is 2.12 bits per heavy atom. The van der Waals surface area contributed by atoms with Gasteiger partial charge < -0.3 is 10.2 Å². The second-order valence-electron chi connectivity index (χ2n) is 6.30. The molecule has 1 N–H and O–H groups in total. The van der Waals surface area contributed by atoms with Crippen molar-refractivity contribution in [3.63, 3.8) is 0 Å². The average molecular weight is 342 g/mol. The molecule has 8 nitrogen and oxygen atoms in total. The summed E-state index contributed by atoms with van der Waals surface area (Å²) in [5, 5.41) is 15.3. The van der Waals surface area contributed by atoms with Crippen molar-refractivity contribution >= 4 is 11.7 Å². The van der Waals surface area contributed by atoms with Crippen LogP contribution in [0.25, 0.3) is 0 Å². The third kappa shape index (κ3) is 4.01. The summed E-state index contributed by atoms with van der Waals surface area (Å²) in [6, 6.07) is 6.74. The molecule has 0 radical (unpaired) electrons. The van der Waals surface area contributed by atoms with E-state index in [-0.39, 0.29) is 11.5 Å². The molecule has 1 unspecified atom stereocenters. The molecule has 3 rings (SSSR count). The number of hydrogen-bond donors (Lipinski definition) is 1. The minimum absolute atomic E-state index is 0.128. The summed E-state index contributed by atoms with van der Waals surface area (Å²) in [5.74, 6) is 0.960. The summed E-state index contributed by atoms with van der Waals surface area (Å²) in [5.41, 5.74) is 1.01. The first-order chi connectivity index (χ1) is 12.1. The standard InChI is InChI=1S/C17H22N6O2/c1-18-15-7-5-13(19-20-15)10-12-4-3-9-23(11-12)17(25)14-6-8-16(24)22(2)21-14/h5-8,12H,3-4,9-11H2,1-2H3,(H,18,20). The Kier molecular flexibility index (Phi) is 5.06. The quantitative estimate of drug-likeness (QED) is 0.879. The van der Waals surface area contributed by atoms with E-state index < -0.39 is 0 Å². The van der Waals surface area contributed by atoms with E-state index in [1.165, 1.54) is 16.8 Å². The number of aromatic nitrogens is 4. The van der Waals surface area contributed by atoms with Gasteiger partial charge in [-0.2, -0.15) is 10.2 Å². The van der Waals surface area contributed by atoms with Crippen molar-refractivity contribution in [3.8, 4) is 0 Å². The van der Waals surface area contributed by atoms with Gasteiger partial charge in [0.1, 0.15) is 11.5 Å². The van der Waals surface area contributed by atoms with Gasteiger partial charge in [0.2, 0.25) is 0 Å². The Bertz CT molecular complexity index is 802. The van der Waals surface area contributed by atoms with Crippen LogP contribution in [0, 0.1) is 5.92 Å². The summed E-state index contributed by atoms with van der Waals surface area (Å²) in [6.07, 6.45) is 2.80. The summed E-state index contributed by atoms with van der Waals surface area (Å²) < 4.78 is 1.19. The predicted octanol–water partition coefficient (Wildman–Crippen LogP) is 0.707. The Labute approximate surface area is 145 Å². The molecule has 2 aromatic heterocycles. The van der Waals surface area contributed by atoms with E-state index in [4.69, 9.17) is 0 Å². The maximum absolute atomic E-state index is 12.7. The molecule has 8 heteroatoms. The molecule has 2 aromatic rings. The molecule has 0 aliphatic carbocycles. The Hall–Kier alpha value is -2.77. The van der Waals surface area contributed by atoms with Gasteiger partial charge in [-0.3, -0.25) is 9.59 Å². The third-order valence-corrected chi connectivity index (χ3v) is 4.46. The largest absolute Gasteiger partial charge is 0.372 e. The minimum Gasteiger partial charge on any atom is -0.372 e. The van der Waals surface area contributed by atoms with Gasteiger partial charge in [0.05, 0.1) is 5.69 Å². The zero-order chi connectivity index (χ0) is 17.8. The average Bonchev–Trinajstić information content (AvgIpc) is 2.64. The van der Waals surface area contributed by atoms with Crippen LogP contribution in [-0.4, -0.2) is 50.9 Å². The number of rotatable bonds is 4. The van der Waals surface area contributed by atoms with Crippen molar-refractivity contribution in [2.75, 3.05) is 25.5 Å². The monoisotopic (exact) mass is 342 g/mol. The van der Waals surface area contributed by atoms with Crippen molar-refractivity contribution < 1.29 is 4.79 Å². The molecule has 3 heterocycles. The van der Waals surface area contributed by atoms with Gasteiger partial charge in [0.25, 0.3) is 11.5 Å². The number of piperidine rings is 1. The lowest BCUT2D eigenvalue weighted by Crippen LogP contribution is -2.41. The fourth-order valence-corrected chi connectivity index (χ4v) is 3.09. The van der Waals surface area contributed by atoms with Crippen molar-refractivity contribution in [1.29, 1.82) is 0 Å². The van der Waals surface area contributed by atoms with E-state index in [1.54, 1.807) is 7.05 Å². The Morgan fingerprint density at radius 1 is 1.28 bits per heavy atom. The van der Waals surface area contributed by atoms with E-state index >= 15 is 0 Å². The van der Waals surface area contributed by atoms with E-state index in [0.717, 1.165) is 30.8 Å². The topological polar surface area (TPSA) is 93.0 Å². The molecule has 1 aliphatic rings. The normalized spacial score (nSPS) is 17.4. The lowest BCUT2D eigenvalue weighted by Gasteiger charge is -2.32.